The molecule has 2 N–H and O–H groups in total. The van der Waals surface area contributed by atoms with Crippen molar-refractivity contribution in [2.75, 3.05) is 0 Å². The Labute approximate surface area is 113 Å². The molecule has 6 heteroatoms. The molecule has 6 nitrogen and oxygen atoms in total. The number of rotatable bonds is 2. The lowest BCUT2D eigenvalue weighted by molar-refractivity contribution is 0.101. The van der Waals surface area contributed by atoms with E-state index in [4.69, 9.17) is 9.15 Å². The monoisotopic (exact) mass is 270 g/mol. The third kappa shape index (κ3) is 1.38. The van der Waals surface area contributed by atoms with Crippen LogP contribution in [0.2, 0.25) is 0 Å². The standard InChI is InChI=1S/C14H10N2O4/c17-13-9-10(12(16-13)8-4-2-6-20-8)14(18)15-11(9)7-3-1-5-19-7/h1-3,5-6,8,15,18H,4H2. The maximum atomic E-state index is 12.1. The molecule has 4 rings (SSSR count). The first-order chi connectivity index (χ1) is 9.75. The molecule has 100 valence electrons. The van der Waals surface area contributed by atoms with Crippen molar-refractivity contribution in [1.82, 2.24) is 4.98 Å². The third-order valence-electron chi connectivity index (χ3n) is 3.43. The Kier molecular flexibility index (Phi) is 2.14. The predicted octanol–water partition coefficient (Wildman–Crippen LogP) is 2.23. The van der Waals surface area contributed by atoms with Crippen molar-refractivity contribution in [3.8, 4) is 17.3 Å². The van der Waals surface area contributed by atoms with E-state index in [0.717, 1.165) is 0 Å². The molecule has 4 heterocycles. The second-order valence-corrected chi connectivity index (χ2v) is 4.61. The zero-order chi connectivity index (χ0) is 13.7. The summed E-state index contributed by atoms with van der Waals surface area (Å²) in [5.74, 6) is -0.00300. The zero-order valence-corrected chi connectivity index (χ0v) is 10.3. The van der Waals surface area contributed by atoms with Crippen molar-refractivity contribution in [2.24, 2.45) is 4.99 Å². The summed E-state index contributed by atoms with van der Waals surface area (Å²) in [7, 11) is 0. The van der Waals surface area contributed by atoms with Crippen molar-refractivity contribution in [3.63, 3.8) is 0 Å². The first-order valence-corrected chi connectivity index (χ1v) is 6.18. The van der Waals surface area contributed by atoms with Crippen molar-refractivity contribution in [1.29, 1.82) is 0 Å². The van der Waals surface area contributed by atoms with E-state index in [-0.39, 0.29) is 12.0 Å². The number of aromatic nitrogens is 1. The predicted molar refractivity (Wildman–Crippen MR) is 69.7 cm³/mol. The van der Waals surface area contributed by atoms with Crippen LogP contribution in [0, 0.1) is 0 Å². The molecule has 1 unspecified atom stereocenters. The highest BCUT2D eigenvalue weighted by molar-refractivity contribution is 6.26. The maximum absolute atomic E-state index is 12.1. The number of aromatic hydroxyl groups is 1. The highest BCUT2D eigenvalue weighted by atomic mass is 16.5. The molecule has 0 saturated heterocycles. The first-order valence-electron chi connectivity index (χ1n) is 6.18. The fourth-order valence-corrected chi connectivity index (χ4v) is 2.57. The van der Waals surface area contributed by atoms with E-state index >= 15 is 0 Å². The van der Waals surface area contributed by atoms with Crippen LogP contribution in [0.15, 0.2) is 40.1 Å². The molecule has 20 heavy (non-hydrogen) atoms. The van der Waals surface area contributed by atoms with Crippen LogP contribution in [0.3, 0.4) is 0 Å². The molecule has 0 spiro atoms. The van der Waals surface area contributed by atoms with Crippen LogP contribution in [0.4, 0.5) is 0 Å². The number of aliphatic imine (C=N–C) groups is 1. The SMILES string of the molecule is O=C1N=C(C2CC=CO2)c2c(O)[nH]c(-c3ccco3)c21. The fraction of sp³-hybridized carbons (Fsp3) is 0.143. The van der Waals surface area contributed by atoms with Crippen LogP contribution in [0.25, 0.3) is 11.5 Å². The first kappa shape index (κ1) is 11.1. The van der Waals surface area contributed by atoms with E-state index in [0.29, 0.717) is 34.7 Å². The van der Waals surface area contributed by atoms with Gasteiger partial charge in [-0.25, -0.2) is 4.99 Å². The number of H-pyrrole nitrogens is 1. The molecule has 0 radical (unpaired) electrons. The second kappa shape index (κ2) is 3.86. The van der Waals surface area contributed by atoms with Crippen LogP contribution in [-0.4, -0.2) is 27.8 Å². The minimum absolute atomic E-state index is 0.0912. The molecular weight excluding hydrogens is 260 g/mol. The number of amides is 1. The Morgan fingerprint density at radius 2 is 2.30 bits per heavy atom. The minimum Gasteiger partial charge on any atom is -0.494 e. The van der Waals surface area contributed by atoms with Crippen LogP contribution in [0.1, 0.15) is 22.3 Å². The van der Waals surface area contributed by atoms with Gasteiger partial charge in [-0.15, -0.1) is 0 Å². The van der Waals surface area contributed by atoms with Crippen LogP contribution < -0.4 is 0 Å². The molecule has 0 aliphatic carbocycles. The van der Waals surface area contributed by atoms with E-state index < -0.39 is 5.91 Å². The lowest BCUT2D eigenvalue weighted by atomic mass is 10.0. The molecule has 2 aromatic heterocycles. The number of carbonyl (C=O) groups excluding carboxylic acids is 1. The number of carbonyl (C=O) groups is 1. The van der Waals surface area contributed by atoms with Crippen molar-refractivity contribution in [3.05, 3.63) is 41.9 Å². The van der Waals surface area contributed by atoms with Gasteiger partial charge in [0.15, 0.2) is 11.6 Å². The fourth-order valence-electron chi connectivity index (χ4n) is 2.57. The lowest BCUT2D eigenvalue weighted by Crippen LogP contribution is -2.18. The van der Waals surface area contributed by atoms with E-state index in [1.165, 1.54) is 6.26 Å². The molecule has 1 atom stereocenters. The molecule has 0 fully saturated rings. The summed E-state index contributed by atoms with van der Waals surface area (Å²) >= 11 is 0. The van der Waals surface area contributed by atoms with Crippen molar-refractivity contribution < 1.29 is 19.1 Å². The molecule has 2 aliphatic rings. The molecule has 0 saturated carbocycles. The van der Waals surface area contributed by atoms with Gasteiger partial charge in [-0.1, -0.05) is 0 Å². The molecule has 0 bridgehead atoms. The number of nitrogens with zero attached hydrogens (tertiary/aromatic N) is 1. The average Bonchev–Trinajstić information content (AvgIpc) is 3.17. The number of aromatic amines is 1. The second-order valence-electron chi connectivity index (χ2n) is 4.61. The van der Waals surface area contributed by atoms with Gasteiger partial charge in [0, 0.05) is 6.42 Å². The maximum Gasteiger partial charge on any atom is 0.280 e. The third-order valence-corrected chi connectivity index (χ3v) is 3.43. The van der Waals surface area contributed by atoms with E-state index in [1.54, 1.807) is 18.4 Å². The van der Waals surface area contributed by atoms with Crippen molar-refractivity contribution >= 4 is 11.6 Å². The summed E-state index contributed by atoms with van der Waals surface area (Å²) < 4.78 is 10.7. The van der Waals surface area contributed by atoms with E-state index in [2.05, 4.69) is 9.98 Å². The van der Waals surface area contributed by atoms with Gasteiger partial charge >= 0.3 is 0 Å². The topological polar surface area (TPSA) is 87.8 Å². The molecule has 2 aromatic rings. The van der Waals surface area contributed by atoms with Gasteiger partial charge in [0.2, 0.25) is 0 Å². The van der Waals surface area contributed by atoms with E-state index in [9.17, 15) is 9.90 Å². The van der Waals surface area contributed by atoms with Gasteiger partial charge in [0.1, 0.15) is 6.10 Å². The van der Waals surface area contributed by atoms with Gasteiger partial charge in [0.05, 0.1) is 35.1 Å². The molecule has 1 amide bonds. The molecular formula is C14H10N2O4. The highest BCUT2D eigenvalue weighted by Gasteiger charge is 2.37. The summed E-state index contributed by atoms with van der Waals surface area (Å²) in [5.41, 5.74) is 1.65. The number of hydrogen-bond donors (Lipinski definition) is 2. The Bertz CT molecular complexity index is 744. The highest BCUT2D eigenvalue weighted by Crippen LogP contribution is 2.38. The van der Waals surface area contributed by atoms with Crippen LogP contribution in [-0.2, 0) is 4.74 Å². The van der Waals surface area contributed by atoms with Gasteiger partial charge in [-0.2, -0.15) is 0 Å². The largest absolute Gasteiger partial charge is 0.494 e. The van der Waals surface area contributed by atoms with Crippen molar-refractivity contribution in [2.45, 2.75) is 12.5 Å². The molecule has 2 aliphatic heterocycles. The average molecular weight is 270 g/mol. The van der Waals surface area contributed by atoms with Gasteiger partial charge < -0.3 is 19.2 Å². The Balaban J connectivity index is 1.86. The Morgan fingerprint density at radius 3 is 3.00 bits per heavy atom. The summed E-state index contributed by atoms with van der Waals surface area (Å²) in [6.07, 6.45) is 5.24. The number of hydrogen-bond acceptors (Lipinski definition) is 4. The normalized spacial score (nSPS) is 20.1. The Morgan fingerprint density at radius 1 is 1.40 bits per heavy atom. The van der Waals surface area contributed by atoms with Gasteiger partial charge in [-0.05, 0) is 18.2 Å². The lowest BCUT2D eigenvalue weighted by Gasteiger charge is -2.09. The van der Waals surface area contributed by atoms with Gasteiger partial charge in [0.25, 0.3) is 5.91 Å². The number of furan rings is 1. The minimum atomic E-state index is -0.395. The Hall–Kier alpha value is -2.76. The van der Waals surface area contributed by atoms with Crippen LogP contribution in [0.5, 0.6) is 5.88 Å². The summed E-state index contributed by atoms with van der Waals surface area (Å²) in [5, 5.41) is 10.1. The van der Waals surface area contributed by atoms with Gasteiger partial charge in [-0.3, -0.25) is 4.79 Å². The molecule has 0 aromatic carbocycles. The smallest absolute Gasteiger partial charge is 0.280 e. The summed E-state index contributed by atoms with van der Waals surface area (Å²) in [4.78, 5) is 18.9. The number of fused-ring (bicyclic) bond motifs is 1. The van der Waals surface area contributed by atoms with E-state index in [1.807, 2.05) is 6.08 Å². The zero-order valence-electron chi connectivity index (χ0n) is 10.3. The van der Waals surface area contributed by atoms with Crippen LogP contribution >= 0.6 is 0 Å². The quantitative estimate of drug-likeness (QED) is 0.875. The summed E-state index contributed by atoms with van der Waals surface area (Å²) in [6, 6.07) is 3.43. The number of ether oxygens (including phenoxy) is 1. The number of nitrogens with one attached hydrogen (secondary N) is 1. The summed E-state index contributed by atoms with van der Waals surface area (Å²) in [6.45, 7) is 0.